The quantitative estimate of drug-likeness (QED) is 0.673. The second-order valence-electron chi connectivity index (χ2n) is 4.29. The SMILES string of the molecule is CC(C)[C@@H]1CCC(c2ccccc2)=N1. The molecular formula is C13H17N. The smallest absolute Gasteiger partial charge is 0.0529 e. The highest BCUT2D eigenvalue weighted by Crippen LogP contribution is 2.23. The largest absolute Gasteiger partial charge is 0.286 e. The number of benzene rings is 1. The molecule has 1 heteroatoms. The fourth-order valence-corrected chi connectivity index (χ4v) is 1.95. The molecule has 0 N–H and O–H groups in total. The lowest BCUT2D eigenvalue weighted by molar-refractivity contribution is 0.494. The summed E-state index contributed by atoms with van der Waals surface area (Å²) in [6, 6.07) is 11.1. The van der Waals surface area contributed by atoms with Crippen molar-refractivity contribution in [2.24, 2.45) is 10.9 Å². The molecule has 2 rings (SSSR count). The molecule has 0 saturated heterocycles. The molecule has 1 aromatic carbocycles. The Morgan fingerprint density at radius 1 is 1.21 bits per heavy atom. The van der Waals surface area contributed by atoms with Crippen LogP contribution in [0.4, 0.5) is 0 Å². The molecular weight excluding hydrogens is 170 g/mol. The van der Waals surface area contributed by atoms with Crippen molar-refractivity contribution in [2.45, 2.75) is 32.7 Å². The van der Waals surface area contributed by atoms with Crippen LogP contribution < -0.4 is 0 Å². The van der Waals surface area contributed by atoms with Crippen LogP contribution in [0.3, 0.4) is 0 Å². The van der Waals surface area contributed by atoms with Gasteiger partial charge < -0.3 is 0 Å². The van der Waals surface area contributed by atoms with Crippen LogP contribution in [0.25, 0.3) is 0 Å². The zero-order chi connectivity index (χ0) is 9.97. The zero-order valence-corrected chi connectivity index (χ0v) is 8.90. The van der Waals surface area contributed by atoms with E-state index in [0.717, 1.165) is 6.42 Å². The van der Waals surface area contributed by atoms with Crippen LogP contribution >= 0.6 is 0 Å². The fraction of sp³-hybridized carbons (Fsp3) is 0.462. The summed E-state index contributed by atoms with van der Waals surface area (Å²) in [4.78, 5) is 4.77. The van der Waals surface area contributed by atoms with E-state index in [1.165, 1.54) is 17.7 Å². The minimum absolute atomic E-state index is 0.546. The third-order valence-corrected chi connectivity index (χ3v) is 2.88. The van der Waals surface area contributed by atoms with Crippen molar-refractivity contribution in [1.29, 1.82) is 0 Å². The minimum Gasteiger partial charge on any atom is -0.286 e. The number of rotatable bonds is 2. The van der Waals surface area contributed by atoms with Gasteiger partial charge in [-0.05, 0) is 24.3 Å². The van der Waals surface area contributed by atoms with Crippen LogP contribution in [0.5, 0.6) is 0 Å². The summed E-state index contributed by atoms with van der Waals surface area (Å²) in [6.45, 7) is 4.50. The van der Waals surface area contributed by atoms with Crippen molar-refractivity contribution in [1.82, 2.24) is 0 Å². The van der Waals surface area contributed by atoms with Gasteiger partial charge in [-0.1, -0.05) is 44.2 Å². The lowest BCUT2D eigenvalue weighted by atomic mass is 10.0. The van der Waals surface area contributed by atoms with E-state index in [4.69, 9.17) is 4.99 Å². The predicted octanol–water partition coefficient (Wildman–Crippen LogP) is 3.29. The summed E-state index contributed by atoms with van der Waals surface area (Å²) in [5.74, 6) is 0.677. The van der Waals surface area contributed by atoms with Crippen LogP contribution in [0, 0.1) is 5.92 Å². The van der Waals surface area contributed by atoms with Gasteiger partial charge in [0, 0.05) is 5.71 Å². The summed E-state index contributed by atoms with van der Waals surface area (Å²) in [7, 11) is 0. The van der Waals surface area contributed by atoms with E-state index in [1.54, 1.807) is 0 Å². The summed E-state index contributed by atoms with van der Waals surface area (Å²) >= 11 is 0. The van der Waals surface area contributed by atoms with Crippen LogP contribution in [0.2, 0.25) is 0 Å². The summed E-state index contributed by atoms with van der Waals surface area (Å²) in [6.07, 6.45) is 2.37. The maximum atomic E-state index is 4.77. The van der Waals surface area contributed by atoms with E-state index >= 15 is 0 Å². The molecule has 0 unspecified atom stereocenters. The third-order valence-electron chi connectivity index (χ3n) is 2.88. The molecule has 74 valence electrons. The Morgan fingerprint density at radius 3 is 2.50 bits per heavy atom. The number of hydrogen-bond acceptors (Lipinski definition) is 1. The van der Waals surface area contributed by atoms with Gasteiger partial charge in [0.2, 0.25) is 0 Å². The van der Waals surface area contributed by atoms with Crippen LogP contribution in [-0.4, -0.2) is 11.8 Å². The second kappa shape index (κ2) is 3.95. The highest BCUT2D eigenvalue weighted by atomic mass is 14.8. The van der Waals surface area contributed by atoms with E-state index < -0.39 is 0 Å². The average Bonchev–Trinajstić information content (AvgIpc) is 2.68. The number of aliphatic imine (C=N–C) groups is 1. The first-order chi connectivity index (χ1) is 6.77. The average molecular weight is 187 g/mol. The monoisotopic (exact) mass is 187 g/mol. The van der Waals surface area contributed by atoms with E-state index in [-0.39, 0.29) is 0 Å². The van der Waals surface area contributed by atoms with Crippen molar-refractivity contribution in [3.8, 4) is 0 Å². The van der Waals surface area contributed by atoms with Crippen molar-refractivity contribution in [2.75, 3.05) is 0 Å². The van der Waals surface area contributed by atoms with Gasteiger partial charge in [-0.2, -0.15) is 0 Å². The molecule has 1 aliphatic rings. The fourth-order valence-electron chi connectivity index (χ4n) is 1.95. The molecule has 0 aromatic heterocycles. The summed E-state index contributed by atoms with van der Waals surface area (Å²) < 4.78 is 0. The molecule has 0 fully saturated rings. The molecule has 1 nitrogen and oxygen atoms in total. The number of hydrogen-bond donors (Lipinski definition) is 0. The Bertz CT molecular complexity index is 324. The second-order valence-corrected chi connectivity index (χ2v) is 4.29. The number of nitrogens with zero attached hydrogens (tertiary/aromatic N) is 1. The molecule has 0 radical (unpaired) electrons. The normalized spacial score (nSPS) is 21.4. The molecule has 14 heavy (non-hydrogen) atoms. The van der Waals surface area contributed by atoms with Crippen LogP contribution in [0.15, 0.2) is 35.3 Å². The summed E-state index contributed by atoms with van der Waals surface area (Å²) in [5, 5.41) is 0. The van der Waals surface area contributed by atoms with Gasteiger partial charge in [0.05, 0.1) is 6.04 Å². The van der Waals surface area contributed by atoms with Crippen LogP contribution in [-0.2, 0) is 0 Å². The molecule has 1 aromatic rings. The highest BCUT2D eigenvalue weighted by Gasteiger charge is 2.20. The molecule has 0 aliphatic carbocycles. The molecule has 1 atom stereocenters. The molecule has 0 amide bonds. The Hall–Kier alpha value is -1.11. The van der Waals surface area contributed by atoms with E-state index in [1.807, 2.05) is 0 Å². The first kappa shape index (κ1) is 9.45. The maximum Gasteiger partial charge on any atom is 0.0529 e. The first-order valence-corrected chi connectivity index (χ1v) is 5.39. The molecule has 1 heterocycles. The summed E-state index contributed by atoms with van der Waals surface area (Å²) in [5.41, 5.74) is 2.60. The van der Waals surface area contributed by atoms with Gasteiger partial charge >= 0.3 is 0 Å². The Kier molecular flexibility index (Phi) is 2.67. The Balaban J connectivity index is 2.18. The molecule has 0 spiro atoms. The van der Waals surface area contributed by atoms with E-state index in [9.17, 15) is 0 Å². The van der Waals surface area contributed by atoms with Gasteiger partial charge in [0.15, 0.2) is 0 Å². The molecule has 0 bridgehead atoms. The standard InChI is InChI=1S/C13H17N/c1-10(2)12-8-9-13(14-12)11-6-4-3-5-7-11/h3-7,10,12H,8-9H2,1-2H3/t12-/m0/s1. The third kappa shape index (κ3) is 1.87. The topological polar surface area (TPSA) is 12.4 Å². The van der Waals surface area contributed by atoms with Gasteiger partial charge in [-0.3, -0.25) is 4.99 Å². The lowest BCUT2D eigenvalue weighted by Crippen LogP contribution is -2.07. The van der Waals surface area contributed by atoms with E-state index in [2.05, 4.69) is 44.2 Å². The van der Waals surface area contributed by atoms with Gasteiger partial charge in [-0.25, -0.2) is 0 Å². The van der Waals surface area contributed by atoms with Crippen molar-refractivity contribution < 1.29 is 0 Å². The van der Waals surface area contributed by atoms with Crippen molar-refractivity contribution in [3.05, 3.63) is 35.9 Å². The maximum absolute atomic E-state index is 4.77. The highest BCUT2D eigenvalue weighted by molar-refractivity contribution is 6.01. The first-order valence-electron chi connectivity index (χ1n) is 5.39. The predicted molar refractivity (Wildman–Crippen MR) is 60.8 cm³/mol. The van der Waals surface area contributed by atoms with Gasteiger partial charge in [0.1, 0.15) is 0 Å². The minimum atomic E-state index is 0.546. The van der Waals surface area contributed by atoms with Crippen molar-refractivity contribution >= 4 is 5.71 Å². The Labute approximate surface area is 85.9 Å². The Morgan fingerprint density at radius 2 is 1.93 bits per heavy atom. The molecule has 0 saturated carbocycles. The van der Waals surface area contributed by atoms with Gasteiger partial charge in [0.25, 0.3) is 0 Å². The zero-order valence-electron chi connectivity index (χ0n) is 8.90. The van der Waals surface area contributed by atoms with Crippen LogP contribution in [0.1, 0.15) is 32.3 Å². The van der Waals surface area contributed by atoms with Crippen molar-refractivity contribution in [3.63, 3.8) is 0 Å². The van der Waals surface area contributed by atoms with E-state index in [0.29, 0.717) is 12.0 Å². The van der Waals surface area contributed by atoms with Gasteiger partial charge in [-0.15, -0.1) is 0 Å². The lowest BCUT2D eigenvalue weighted by Gasteiger charge is -2.08. The molecule has 1 aliphatic heterocycles.